The predicted octanol–water partition coefficient (Wildman–Crippen LogP) is 1.63. The maximum atomic E-state index is 11.8. The summed E-state index contributed by atoms with van der Waals surface area (Å²) in [5, 5.41) is 2.65. The number of hydrogen-bond acceptors (Lipinski definition) is 3. The lowest BCUT2D eigenvalue weighted by atomic mass is 10.2. The second-order valence-corrected chi connectivity index (χ2v) is 5.09. The summed E-state index contributed by atoms with van der Waals surface area (Å²) in [5.74, 6) is -0.0977. The number of halogens is 1. The van der Waals surface area contributed by atoms with Crippen LogP contribution in [-0.4, -0.2) is 49.0 Å². The van der Waals surface area contributed by atoms with Crippen LogP contribution < -0.4 is 5.43 Å². The van der Waals surface area contributed by atoms with Crippen molar-refractivity contribution < 1.29 is 4.79 Å². The van der Waals surface area contributed by atoms with E-state index >= 15 is 0 Å². The number of benzene rings is 1. The average molecular weight is 280 g/mol. The van der Waals surface area contributed by atoms with Crippen LogP contribution in [0.25, 0.3) is 6.08 Å². The van der Waals surface area contributed by atoms with Crippen LogP contribution in [0, 0.1) is 0 Å². The molecule has 1 N–H and O–H groups in total. The minimum absolute atomic E-state index is 0.0977. The van der Waals surface area contributed by atoms with E-state index in [0.717, 1.165) is 31.7 Å². The largest absolute Gasteiger partial charge is 0.304 e. The fraction of sp³-hybridized carbons (Fsp3) is 0.357. The number of hydrogen-bond donors (Lipinski definition) is 1. The van der Waals surface area contributed by atoms with Crippen molar-refractivity contribution in [3.63, 3.8) is 0 Å². The zero-order valence-corrected chi connectivity index (χ0v) is 11.7. The SMILES string of the molecule is CN1CCN(NC(=O)/C=C/c2ccc(Cl)cc2)CC1. The molecule has 1 aromatic carbocycles. The van der Waals surface area contributed by atoms with E-state index in [1.807, 2.05) is 17.1 Å². The normalized spacial score (nSPS) is 17.8. The number of carbonyl (C=O) groups excluding carboxylic acids is 1. The maximum absolute atomic E-state index is 11.8. The van der Waals surface area contributed by atoms with Crippen LogP contribution in [0.4, 0.5) is 0 Å². The highest BCUT2D eigenvalue weighted by Gasteiger charge is 2.14. The molecular formula is C14H18ClN3O. The Morgan fingerprint density at radius 1 is 1.21 bits per heavy atom. The summed E-state index contributed by atoms with van der Waals surface area (Å²) in [5.41, 5.74) is 3.83. The number of likely N-dealkylation sites (N-methyl/N-ethyl adjacent to an activating group) is 1. The van der Waals surface area contributed by atoms with Gasteiger partial charge in [-0.2, -0.15) is 0 Å². The van der Waals surface area contributed by atoms with Crippen LogP contribution in [0.5, 0.6) is 0 Å². The molecule has 1 aliphatic heterocycles. The Balaban J connectivity index is 1.82. The molecule has 1 aromatic rings. The molecule has 0 radical (unpaired) electrons. The van der Waals surface area contributed by atoms with Crippen molar-refractivity contribution in [2.24, 2.45) is 0 Å². The molecule has 2 rings (SSSR count). The molecule has 102 valence electrons. The Morgan fingerprint density at radius 3 is 2.47 bits per heavy atom. The van der Waals surface area contributed by atoms with Gasteiger partial charge in [0.1, 0.15) is 0 Å². The lowest BCUT2D eigenvalue weighted by molar-refractivity contribution is -0.121. The molecule has 1 heterocycles. The van der Waals surface area contributed by atoms with Crippen molar-refractivity contribution >= 4 is 23.6 Å². The number of nitrogens with zero attached hydrogens (tertiary/aromatic N) is 2. The first-order valence-corrected chi connectivity index (χ1v) is 6.69. The summed E-state index contributed by atoms with van der Waals surface area (Å²) < 4.78 is 0. The van der Waals surface area contributed by atoms with Gasteiger partial charge in [0.2, 0.25) is 0 Å². The number of hydrazine groups is 1. The summed E-state index contributed by atoms with van der Waals surface area (Å²) >= 11 is 5.80. The molecule has 4 nitrogen and oxygen atoms in total. The van der Waals surface area contributed by atoms with Crippen molar-refractivity contribution in [1.82, 2.24) is 15.3 Å². The van der Waals surface area contributed by atoms with E-state index in [-0.39, 0.29) is 5.91 Å². The zero-order chi connectivity index (χ0) is 13.7. The number of piperazine rings is 1. The molecule has 0 aliphatic carbocycles. The molecule has 19 heavy (non-hydrogen) atoms. The summed E-state index contributed by atoms with van der Waals surface area (Å²) in [6, 6.07) is 7.36. The highest BCUT2D eigenvalue weighted by atomic mass is 35.5. The Kier molecular flexibility index (Phi) is 4.96. The molecule has 0 unspecified atom stereocenters. The molecule has 1 amide bonds. The third-order valence-corrected chi connectivity index (χ3v) is 3.32. The van der Waals surface area contributed by atoms with E-state index in [2.05, 4.69) is 17.4 Å². The minimum atomic E-state index is -0.0977. The van der Waals surface area contributed by atoms with Gasteiger partial charge in [-0.25, -0.2) is 5.01 Å². The lowest BCUT2D eigenvalue weighted by Crippen LogP contribution is -2.52. The van der Waals surface area contributed by atoms with Gasteiger partial charge in [-0.05, 0) is 30.8 Å². The monoisotopic (exact) mass is 279 g/mol. The topological polar surface area (TPSA) is 35.6 Å². The van der Waals surface area contributed by atoms with Gasteiger partial charge in [0.15, 0.2) is 0 Å². The molecule has 0 atom stereocenters. The van der Waals surface area contributed by atoms with Gasteiger partial charge < -0.3 is 4.90 Å². The van der Waals surface area contributed by atoms with Gasteiger partial charge in [0, 0.05) is 37.3 Å². The van der Waals surface area contributed by atoms with Crippen LogP contribution in [0.2, 0.25) is 5.02 Å². The molecule has 1 saturated heterocycles. The third-order valence-electron chi connectivity index (χ3n) is 3.07. The molecule has 1 fully saturated rings. The highest BCUT2D eigenvalue weighted by Crippen LogP contribution is 2.10. The maximum Gasteiger partial charge on any atom is 0.258 e. The Hall–Kier alpha value is -1.36. The Bertz CT molecular complexity index is 450. The van der Waals surface area contributed by atoms with Crippen molar-refractivity contribution in [2.75, 3.05) is 33.2 Å². The van der Waals surface area contributed by atoms with Crippen LogP contribution in [0.1, 0.15) is 5.56 Å². The van der Waals surface area contributed by atoms with E-state index in [1.54, 1.807) is 24.3 Å². The number of nitrogens with one attached hydrogen (secondary N) is 1. The molecule has 0 saturated carbocycles. The van der Waals surface area contributed by atoms with Crippen molar-refractivity contribution in [1.29, 1.82) is 0 Å². The first-order chi connectivity index (χ1) is 9.13. The van der Waals surface area contributed by atoms with Gasteiger partial charge in [-0.3, -0.25) is 10.2 Å². The van der Waals surface area contributed by atoms with Crippen molar-refractivity contribution in [3.05, 3.63) is 40.9 Å². The quantitative estimate of drug-likeness (QED) is 0.855. The summed E-state index contributed by atoms with van der Waals surface area (Å²) in [6.45, 7) is 3.66. The van der Waals surface area contributed by atoms with E-state index in [9.17, 15) is 4.79 Å². The second-order valence-electron chi connectivity index (χ2n) is 4.65. The van der Waals surface area contributed by atoms with Gasteiger partial charge in [-0.1, -0.05) is 23.7 Å². The number of amides is 1. The lowest BCUT2D eigenvalue weighted by Gasteiger charge is -2.31. The fourth-order valence-electron chi connectivity index (χ4n) is 1.86. The number of rotatable bonds is 3. The molecule has 1 aliphatic rings. The smallest absolute Gasteiger partial charge is 0.258 e. The standard InChI is InChI=1S/C14H18ClN3O/c1-17-8-10-18(11-9-17)16-14(19)7-4-12-2-5-13(15)6-3-12/h2-7H,8-11H2,1H3,(H,16,19)/b7-4+. The van der Waals surface area contributed by atoms with E-state index in [0.29, 0.717) is 5.02 Å². The third kappa shape index (κ3) is 4.67. The molecule has 0 aromatic heterocycles. The van der Waals surface area contributed by atoms with E-state index in [1.165, 1.54) is 0 Å². The first kappa shape index (κ1) is 14.1. The minimum Gasteiger partial charge on any atom is -0.304 e. The van der Waals surface area contributed by atoms with Crippen LogP contribution in [-0.2, 0) is 4.79 Å². The molecule has 5 heteroatoms. The fourth-order valence-corrected chi connectivity index (χ4v) is 1.98. The van der Waals surface area contributed by atoms with Gasteiger partial charge in [0.25, 0.3) is 5.91 Å². The van der Waals surface area contributed by atoms with Crippen LogP contribution in [0.15, 0.2) is 30.3 Å². The van der Waals surface area contributed by atoms with Gasteiger partial charge in [-0.15, -0.1) is 0 Å². The Labute approximate surface area is 118 Å². The first-order valence-electron chi connectivity index (χ1n) is 6.31. The molecular weight excluding hydrogens is 262 g/mol. The molecule has 0 bridgehead atoms. The van der Waals surface area contributed by atoms with Gasteiger partial charge in [0.05, 0.1) is 0 Å². The summed E-state index contributed by atoms with van der Waals surface area (Å²) in [6.07, 6.45) is 3.32. The van der Waals surface area contributed by atoms with E-state index < -0.39 is 0 Å². The predicted molar refractivity (Wildman–Crippen MR) is 77.7 cm³/mol. The van der Waals surface area contributed by atoms with Crippen molar-refractivity contribution in [2.45, 2.75) is 0 Å². The second kappa shape index (κ2) is 6.70. The number of carbonyl (C=O) groups is 1. The van der Waals surface area contributed by atoms with Crippen molar-refractivity contribution in [3.8, 4) is 0 Å². The van der Waals surface area contributed by atoms with Crippen LogP contribution in [0.3, 0.4) is 0 Å². The summed E-state index contributed by atoms with van der Waals surface area (Å²) in [7, 11) is 2.08. The average Bonchev–Trinajstić information content (AvgIpc) is 2.41. The zero-order valence-electron chi connectivity index (χ0n) is 11.0. The highest BCUT2D eigenvalue weighted by molar-refractivity contribution is 6.30. The molecule has 0 spiro atoms. The van der Waals surface area contributed by atoms with E-state index in [4.69, 9.17) is 11.6 Å². The van der Waals surface area contributed by atoms with Crippen LogP contribution >= 0.6 is 11.6 Å². The van der Waals surface area contributed by atoms with Gasteiger partial charge >= 0.3 is 0 Å². The summed E-state index contributed by atoms with van der Waals surface area (Å²) in [4.78, 5) is 14.0. The Morgan fingerprint density at radius 2 is 1.84 bits per heavy atom.